The molecule has 0 saturated heterocycles. The molecule has 12 heavy (non-hydrogen) atoms. The minimum atomic E-state index is -1.91. The molecule has 1 rings (SSSR count). The van der Waals surface area contributed by atoms with Gasteiger partial charge < -0.3 is 0 Å². The van der Waals surface area contributed by atoms with E-state index in [0.717, 1.165) is 19.4 Å². The van der Waals surface area contributed by atoms with E-state index in [1.165, 1.54) is 12.1 Å². The molecule has 1 atom stereocenters. The van der Waals surface area contributed by atoms with Crippen molar-refractivity contribution < 1.29 is 4.21 Å². The molecule has 3 nitrogen and oxygen atoms in total. The Balaban J connectivity index is 2.40. The Hall–Kier alpha value is -0.380. The van der Waals surface area contributed by atoms with Crippen molar-refractivity contribution in [1.29, 1.82) is 0 Å². The summed E-state index contributed by atoms with van der Waals surface area (Å²) >= 11 is 0. The van der Waals surface area contributed by atoms with E-state index in [4.69, 9.17) is 0 Å². The number of hydrogen-bond acceptors (Lipinski definition) is 3. The Labute approximate surface area is 74.5 Å². The van der Waals surface area contributed by atoms with Crippen molar-refractivity contribution in [1.82, 2.24) is 0 Å². The average molecular weight is 188 g/mol. The Morgan fingerprint density at radius 2 is 2.42 bits per heavy atom. The summed E-state index contributed by atoms with van der Waals surface area (Å²) in [5.41, 5.74) is 1.23. The predicted molar refractivity (Wildman–Crippen MR) is 53.4 cm³/mol. The summed E-state index contributed by atoms with van der Waals surface area (Å²) in [6.07, 6.45) is 4.85. The molecule has 1 unspecified atom stereocenters. The second-order valence-corrected chi connectivity index (χ2v) is 5.84. The van der Waals surface area contributed by atoms with Crippen LogP contribution >= 0.6 is 0 Å². The molecular formula is C8H16N2OS. The van der Waals surface area contributed by atoms with Crippen LogP contribution in [-0.2, 0) is 9.73 Å². The fourth-order valence-corrected chi connectivity index (χ4v) is 2.00. The lowest BCUT2D eigenvalue weighted by Crippen LogP contribution is -2.07. The third-order valence-electron chi connectivity index (χ3n) is 2.11. The van der Waals surface area contributed by atoms with Gasteiger partial charge in [0.15, 0.2) is 0 Å². The van der Waals surface area contributed by atoms with Crippen LogP contribution in [-0.4, -0.2) is 35.5 Å². The van der Waals surface area contributed by atoms with Crippen molar-refractivity contribution in [2.24, 2.45) is 9.36 Å². The zero-order valence-electron chi connectivity index (χ0n) is 7.75. The van der Waals surface area contributed by atoms with E-state index < -0.39 is 9.73 Å². The fraction of sp³-hybridized carbons (Fsp3) is 0.875. The lowest BCUT2D eigenvalue weighted by Gasteiger charge is -2.01. The van der Waals surface area contributed by atoms with Crippen molar-refractivity contribution >= 4 is 15.4 Å². The van der Waals surface area contributed by atoms with Gasteiger partial charge in [-0.1, -0.05) is 0 Å². The molecule has 0 radical (unpaired) electrons. The Bertz CT molecular complexity index is 287. The highest BCUT2D eigenvalue weighted by Crippen LogP contribution is 2.08. The second kappa shape index (κ2) is 4.03. The van der Waals surface area contributed by atoms with Crippen molar-refractivity contribution in [2.45, 2.75) is 19.3 Å². The average Bonchev–Trinajstić information content (AvgIpc) is 2.53. The third kappa shape index (κ3) is 2.93. The van der Waals surface area contributed by atoms with Gasteiger partial charge in [0.25, 0.3) is 0 Å². The summed E-state index contributed by atoms with van der Waals surface area (Å²) in [7, 11) is -0.289. The molecule has 0 bridgehead atoms. The third-order valence-corrected chi connectivity index (χ3v) is 3.85. The minimum absolute atomic E-state index is 0.669. The van der Waals surface area contributed by atoms with E-state index in [-0.39, 0.29) is 0 Å². The van der Waals surface area contributed by atoms with Gasteiger partial charge in [0.2, 0.25) is 0 Å². The molecule has 0 aromatic carbocycles. The summed E-state index contributed by atoms with van der Waals surface area (Å²) in [6, 6.07) is 0. The molecule has 1 heterocycles. The van der Waals surface area contributed by atoms with Gasteiger partial charge in [-0.05, 0) is 19.3 Å². The van der Waals surface area contributed by atoms with Gasteiger partial charge in [-0.25, -0.2) is 4.36 Å². The maximum Gasteiger partial charge on any atom is 0.0439 e. The first-order chi connectivity index (χ1) is 5.64. The second-order valence-electron chi connectivity index (χ2n) is 3.15. The number of rotatable bonds is 3. The first-order valence-corrected chi connectivity index (χ1v) is 6.33. The van der Waals surface area contributed by atoms with Crippen LogP contribution < -0.4 is 0 Å². The van der Waals surface area contributed by atoms with E-state index >= 15 is 0 Å². The van der Waals surface area contributed by atoms with Crippen LogP contribution in [0.3, 0.4) is 0 Å². The number of nitrogens with zero attached hydrogens (tertiary/aromatic N) is 2. The topological polar surface area (TPSA) is 41.8 Å². The Kier molecular flexibility index (Phi) is 3.26. The highest BCUT2D eigenvalue weighted by Gasteiger charge is 2.08. The molecule has 1 aliphatic heterocycles. The molecule has 0 aromatic rings. The quantitative estimate of drug-likeness (QED) is 0.659. The Morgan fingerprint density at radius 1 is 1.67 bits per heavy atom. The van der Waals surface area contributed by atoms with Gasteiger partial charge >= 0.3 is 0 Å². The lowest BCUT2D eigenvalue weighted by molar-refractivity contribution is 0.680. The van der Waals surface area contributed by atoms with E-state index in [1.807, 2.05) is 0 Å². The zero-order chi connectivity index (χ0) is 9.03. The smallest absolute Gasteiger partial charge is 0.0439 e. The van der Waals surface area contributed by atoms with Gasteiger partial charge in [0, 0.05) is 41.0 Å². The molecule has 0 spiro atoms. The highest BCUT2D eigenvalue weighted by molar-refractivity contribution is 7.92. The standard InChI is InChI=1S/C8H16N2OS/c1-9-12(2,11)7-5-8-4-3-6-10-8/h3-7H2,1-2H3. The summed E-state index contributed by atoms with van der Waals surface area (Å²) in [4.78, 5) is 4.32. The van der Waals surface area contributed by atoms with Gasteiger partial charge in [0.1, 0.15) is 0 Å². The monoisotopic (exact) mass is 188 g/mol. The molecule has 0 saturated carbocycles. The zero-order valence-corrected chi connectivity index (χ0v) is 8.56. The molecule has 4 heteroatoms. The summed E-state index contributed by atoms with van der Waals surface area (Å²) in [5, 5.41) is 0. The molecule has 0 fully saturated rings. The van der Waals surface area contributed by atoms with Crippen LogP contribution in [0.2, 0.25) is 0 Å². The van der Waals surface area contributed by atoms with Crippen LogP contribution in [0.1, 0.15) is 19.3 Å². The van der Waals surface area contributed by atoms with Crippen LogP contribution in [0.4, 0.5) is 0 Å². The lowest BCUT2D eigenvalue weighted by atomic mass is 10.2. The maximum atomic E-state index is 11.5. The summed E-state index contributed by atoms with van der Waals surface area (Å²) < 4.78 is 15.3. The molecule has 0 N–H and O–H groups in total. The molecule has 1 aliphatic rings. The van der Waals surface area contributed by atoms with Gasteiger partial charge in [-0.3, -0.25) is 9.20 Å². The molecule has 0 aromatic heterocycles. The SMILES string of the molecule is CN=S(C)(=O)CCC1=NCCC1. The fourth-order valence-electron chi connectivity index (χ4n) is 1.20. The van der Waals surface area contributed by atoms with Crippen molar-refractivity contribution in [3.63, 3.8) is 0 Å². The van der Waals surface area contributed by atoms with Crippen LogP contribution in [0, 0.1) is 0 Å². The molecule has 0 amide bonds. The minimum Gasteiger partial charge on any atom is -0.294 e. The van der Waals surface area contributed by atoms with Gasteiger partial charge in [-0.2, -0.15) is 0 Å². The first-order valence-electron chi connectivity index (χ1n) is 4.24. The van der Waals surface area contributed by atoms with E-state index in [2.05, 4.69) is 9.36 Å². The normalized spacial score (nSPS) is 21.7. The summed E-state index contributed by atoms with van der Waals surface area (Å²) in [6.45, 7) is 0.962. The number of aliphatic imine (C=N–C) groups is 1. The predicted octanol–water partition coefficient (Wildman–Crippen LogP) is 1.34. The first kappa shape index (κ1) is 9.71. The van der Waals surface area contributed by atoms with E-state index in [9.17, 15) is 4.21 Å². The Morgan fingerprint density at radius 3 is 2.92 bits per heavy atom. The maximum absolute atomic E-state index is 11.5. The summed E-state index contributed by atoms with van der Waals surface area (Å²) in [5.74, 6) is 0.669. The molecular weight excluding hydrogens is 172 g/mol. The van der Waals surface area contributed by atoms with E-state index in [1.54, 1.807) is 13.3 Å². The van der Waals surface area contributed by atoms with Crippen LogP contribution in [0.5, 0.6) is 0 Å². The van der Waals surface area contributed by atoms with Crippen molar-refractivity contribution in [3.8, 4) is 0 Å². The van der Waals surface area contributed by atoms with Crippen LogP contribution in [0.15, 0.2) is 9.36 Å². The molecule has 70 valence electrons. The van der Waals surface area contributed by atoms with Crippen LogP contribution in [0.25, 0.3) is 0 Å². The highest BCUT2D eigenvalue weighted by atomic mass is 32.2. The largest absolute Gasteiger partial charge is 0.294 e. The number of hydrogen-bond donors (Lipinski definition) is 0. The van der Waals surface area contributed by atoms with Gasteiger partial charge in [-0.15, -0.1) is 0 Å². The van der Waals surface area contributed by atoms with Gasteiger partial charge in [0.05, 0.1) is 0 Å². The van der Waals surface area contributed by atoms with Crippen molar-refractivity contribution in [3.05, 3.63) is 0 Å². The molecule has 0 aliphatic carbocycles. The van der Waals surface area contributed by atoms with E-state index in [0.29, 0.717) is 5.75 Å². The van der Waals surface area contributed by atoms with Crippen molar-refractivity contribution in [2.75, 3.05) is 25.6 Å².